The molecule has 0 radical (unpaired) electrons. The molecule has 2 N–H and O–H groups in total. The van der Waals surface area contributed by atoms with Crippen LogP contribution in [0.2, 0.25) is 5.15 Å². The summed E-state index contributed by atoms with van der Waals surface area (Å²) in [6, 6.07) is 15.1. The van der Waals surface area contributed by atoms with Crippen molar-refractivity contribution < 1.29 is 4.74 Å². The van der Waals surface area contributed by atoms with Crippen molar-refractivity contribution in [1.82, 2.24) is 4.98 Å². The molecule has 0 aliphatic carbocycles. The number of aromatic nitrogens is 1. The summed E-state index contributed by atoms with van der Waals surface area (Å²) in [7, 11) is 0. The minimum atomic E-state index is 0.310. The first-order valence-corrected chi connectivity index (χ1v) is 7.07. The van der Waals surface area contributed by atoms with E-state index in [4.69, 9.17) is 22.1 Å². The van der Waals surface area contributed by atoms with Crippen LogP contribution in [-0.4, -0.2) is 4.98 Å². The molecular weight excluding hydrogens is 340 g/mol. The van der Waals surface area contributed by atoms with Crippen molar-refractivity contribution >= 4 is 44.0 Å². The van der Waals surface area contributed by atoms with Gasteiger partial charge in [-0.15, -0.1) is 0 Å². The van der Waals surface area contributed by atoms with E-state index >= 15 is 0 Å². The Kier molecular flexibility index (Phi) is 3.51. The second kappa shape index (κ2) is 5.31. The molecular formula is C15H10BrClN2O. The number of fused-ring (bicyclic) bond motifs is 1. The monoisotopic (exact) mass is 348 g/mol. The van der Waals surface area contributed by atoms with Crippen LogP contribution >= 0.6 is 27.5 Å². The van der Waals surface area contributed by atoms with Crippen molar-refractivity contribution in [3.8, 4) is 11.6 Å². The van der Waals surface area contributed by atoms with E-state index in [9.17, 15) is 0 Å². The van der Waals surface area contributed by atoms with E-state index in [0.29, 0.717) is 22.5 Å². The highest BCUT2D eigenvalue weighted by Crippen LogP contribution is 2.28. The van der Waals surface area contributed by atoms with Crippen LogP contribution in [-0.2, 0) is 0 Å². The zero-order valence-electron chi connectivity index (χ0n) is 10.3. The lowest BCUT2D eigenvalue weighted by molar-refractivity contribution is 0.464. The molecule has 3 nitrogen and oxygen atoms in total. The molecule has 5 heteroatoms. The predicted octanol–water partition coefficient (Wildman–Crippen LogP) is 5.03. The number of hydrogen-bond acceptors (Lipinski definition) is 3. The third kappa shape index (κ3) is 2.86. The maximum absolute atomic E-state index is 5.85. The molecule has 0 atom stereocenters. The van der Waals surface area contributed by atoms with Crippen LogP contribution < -0.4 is 10.5 Å². The molecule has 3 rings (SSSR count). The Morgan fingerprint density at radius 2 is 1.75 bits per heavy atom. The first-order valence-electron chi connectivity index (χ1n) is 5.90. The van der Waals surface area contributed by atoms with Gasteiger partial charge >= 0.3 is 0 Å². The van der Waals surface area contributed by atoms with Gasteiger partial charge in [0.15, 0.2) is 0 Å². The summed E-state index contributed by atoms with van der Waals surface area (Å²) in [5, 5.41) is 2.52. The minimum Gasteiger partial charge on any atom is -0.439 e. The van der Waals surface area contributed by atoms with Gasteiger partial charge in [-0.2, -0.15) is 0 Å². The first kappa shape index (κ1) is 13.2. The Morgan fingerprint density at radius 1 is 1.00 bits per heavy atom. The lowest BCUT2D eigenvalue weighted by atomic mass is 10.1. The van der Waals surface area contributed by atoms with Crippen molar-refractivity contribution in [3.05, 3.63) is 58.2 Å². The van der Waals surface area contributed by atoms with E-state index in [1.54, 1.807) is 12.1 Å². The van der Waals surface area contributed by atoms with Crippen LogP contribution in [0.15, 0.2) is 53.0 Å². The quantitative estimate of drug-likeness (QED) is 0.660. The number of rotatable bonds is 2. The highest BCUT2D eigenvalue weighted by molar-refractivity contribution is 9.10. The maximum Gasteiger partial charge on any atom is 0.222 e. The number of halogens is 2. The van der Waals surface area contributed by atoms with E-state index in [1.165, 1.54) is 0 Å². The van der Waals surface area contributed by atoms with E-state index < -0.39 is 0 Å². The molecule has 2 aromatic carbocycles. The van der Waals surface area contributed by atoms with Crippen molar-refractivity contribution in [2.24, 2.45) is 0 Å². The molecule has 20 heavy (non-hydrogen) atoms. The van der Waals surface area contributed by atoms with Gasteiger partial charge in [0.25, 0.3) is 0 Å². The van der Waals surface area contributed by atoms with Gasteiger partial charge < -0.3 is 10.5 Å². The van der Waals surface area contributed by atoms with Gasteiger partial charge in [-0.25, -0.2) is 4.98 Å². The van der Waals surface area contributed by atoms with E-state index in [0.717, 1.165) is 15.2 Å². The number of anilines is 1. The average molecular weight is 350 g/mol. The number of nitrogens with two attached hydrogens (primary N) is 1. The summed E-state index contributed by atoms with van der Waals surface area (Å²) in [5.41, 5.74) is 6.23. The van der Waals surface area contributed by atoms with Crippen LogP contribution in [0.5, 0.6) is 11.6 Å². The Balaban J connectivity index is 1.96. The number of ether oxygens (including phenoxy) is 1. The second-order valence-electron chi connectivity index (χ2n) is 4.32. The maximum atomic E-state index is 5.85. The normalized spacial score (nSPS) is 10.7. The van der Waals surface area contributed by atoms with Gasteiger partial charge in [0.1, 0.15) is 10.9 Å². The van der Waals surface area contributed by atoms with Crippen LogP contribution in [0.1, 0.15) is 0 Å². The molecule has 0 fully saturated rings. The predicted molar refractivity (Wildman–Crippen MR) is 85.4 cm³/mol. The SMILES string of the molecule is Nc1cc(Cl)nc(Oc2ccc3cc(Br)ccc3c2)c1. The molecule has 1 aromatic heterocycles. The van der Waals surface area contributed by atoms with Gasteiger partial charge in [-0.1, -0.05) is 39.7 Å². The van der Waals surface area contributed by atoms with Gasteiger partial charge in [0.05, 0.1) is 0 Å². The van der Waals surface area contributed by atoms with Gasteiger partial charge in [-0.05, 0) is 41.1 Å². The summed E-state index contributed by atoms with van der Waals surface area (Å²) in [6.45, 7) is 0. The second-order valence-corrected chi connectivity index (χ2v) is 5.62. The molecule has 0 saturated heterocycles. The van der Waals surface area contributed by atoms with Crippen LogP contribution in [0.3, 0.4) is 0 Å². The zero-order chi connectivity index (χ0) is 14.1. The Bertz CT molecular complexity index is 772. The lowest BCUT2D eigenvalue weighted by Gasteiger charge is -2.07. The summed E-state index contributed by atoms with van der Waals surface area (Å²) in [5.74, 6) is 1.07. The van der Waals surface area contributed by atoms with Crippen molar-refractivity contribution in [1.29, 1.82) is 0 Å². The van der Waals surface area contributed by atoms with E-state index in [1.807, 2.05) is 30.3 Å². The fraction of sp³-hybridized carbons (Fsp3) is 0. The third-order valence-electron chi connectivity index (χ3n) is 2.79. The summed E-state index contributed by atoms with van der Waals surface area (Å²) in [4.78, 5) is 4.08. The highest BCUT2D eigenvalue weighted by atomic mass is 79.9. The van der Waals surface area contributed by atoms with E-state index in [2.05, 4.69) is 27.0 Å². The largest absolute Gasteiger partial charge is 0.439 e. The standard InChI is InChI=1S/C15H10BrClN2O/c16-11-3-1-10-6-13(4-2-9(10)5-11)20-15-8-12(18)7-14(17)19-15/h1-8H,(H2,18,19). The molecule has 100 valence electrons. The molecule has 0 bridgehead atoms. The molecule has 0 amide bonds. The minimum absolute atomic E-state index is 0.310. The molecule has 1 heterocycles. The zero-order valence-corrected chi connectivity index (χ0v) is 12.6. The Morgan fingerprint density at radius 3 is 2.55 bits per heavy atom. The number of hydrogen-bond donors (Lipinski definition) is 1. The van der Waals surface area contributed by atoms with E-state index in [-0.39, 0.29) is 0 Å². The van der Waals surface area contributed by atoms with Gasteiger partial charge in [0.2, 0.25) is 5.88 Å². The average Bonchev–Trinajstić information content (AvgIpc) is 2.38. The Labute approximate surface area is 129 Å². The van der Waals surface area contributed by atoms with Crippen LogP contribution in [0.25, 0.3) is 10.8 Å². The summed E-state index contributed by atoms with van der Waals surface area (Å²) >= 11 is 9.30. The number of benzene rings is 2. The van der Waals surface area contributed by atoms with Gasteiger partial charge in [-0.3, -0.25) is 0 Å². The lowest BCUT2D eigenvalue weighted by Crippen LogP contribution is -1.92. The summed E-state index contributed by atoms with van der Waals surface area (Å²) in [6.07, 6.45) is 0. The summed E-state index contributed by atoms with van der Waals surface area (Å²) < 4.78 is 6.74. The van der Waals surface area contributed by atoms with Crippen molar-refractivity contribution in [2.75, 3.05) is 5.73 Å². The highest BCUT2D eigenvalue weighted by Gasteiger charge is 2.03. The molecule has 0 aliphatic heterocycles. The molecule has 0 unspecified atom stereocenters. The first-order chi connectivity index (χ1) is 9.60. The molecule has 0 aliphatic rings. The topological polar surface area (TPSA) is 48.1 Å². The fourth-order valence-electron chi connectivity index (χ4n) is 1.92. The van der Waals surface area contributed by atoms with Crippen molar-refractivity contribution in [2.45, 2.75) is 0 Å². The number of nitrogen functional groups attached to an aromatic ring is 1. The van der Waals surface area contributed by atoms with Crippen LogP contribution in [0, 0.1) is 0 Å². The van der Waals surface area contributed by atoms with Crippen LogP contribution in [0.4, 0.5) is 5.69 Å². The fourth-order valence-corrected chi connectivity index (χ4v) is 2.51. The van der Waals surface area contributed by atoms with Gasteiger partial charge in [0, 0.05) is 16.2 Å². The number of nitrogens with zero attached hydrogens (tertiary/aromatic N) is 1. The molecule has 0 spiro atoms. The molecule has 3 aromatic rings. The third-order valence-corrected chi connectivity index (χ3v) is 3.48. The van der Waals surface area contributed by atoms with Crippen molar-refractivity contribution in [3.63, 3.8) is 0 Å². The smallest absolute Gasteiger partial charge is 0.222 e. The molecule has 0 saturated carbocycles. The Hall–Kier alpha value is -1.78. The number of pyridine rings is 1.